The van der Waals surface area contributed by atoms with Crippen molar-refractivity contribution in [3.63, 3.8) is 0 Å². The van der Waals surface area contributed by atoms with E-state index < -0.39 is 17.5 Å². The standard InChI is InChI=1S/C14H20O4/c1-6-12(15)17-9-8-11(3)10-14(4,5)18-13(16)7-2/h6-8H,1-2,9-10H2,3-5H3/b11-8+. The van der Waals surface area contributed by atoms with Gasteiger partial charge in [-0.3, -0.25) is 0 Å². The van der Waals surface area contributed by atoms with Crippen molar-refractivity contribution in [3.05, 3.63) is 37.0 Å². The van der Waals surface area contributed by atoms with Crippen LogP contribution >= 0.6 is 0 Å². The van der Waals surface area contributed by atoms with E-state index in [2.05, 4.69) is 13.2 Å². The number of rotatable bonds is 7. The third-order valence-electron chi connectivity index (χ3n) is 2.07. The lowest BCUT2D eigenvalue weighted by molar-refractivity contribution is -0.149. The van der Waals surface area contributed by atoms with Crippen LogP contribution in [0.2, 0.25) is 0 Å². The van der Waals surface area contributed by atoms with E-state index >= 15 is 0 Å². The molecule has 0 aliphatic carbocycles. The molecule has 0 atom stereocenters. The van der Waals surface area contributed by atoms with Gasteiger partial charge in [-0.05, 0) is 26.8 Å². The van der Waals surface area contributed by atoms with Gasteiger partial charge in [0.05, 0.1) is 0 Å². The molecule has 0 saturated carbocycles. The van der Waals surface area contributed by atoms with Crippen LogP contribution in [0.15, 0.2) is 37.0 Å². The Bertz CT molecular complexity index is 364. The van der Waals surface area contributed by atoms with E-state index in [-0.39, 0.29) is 6.61 Å². The Morgan fingerprint density at radius 3 is 2.22 bits per heavy atom. The topological polar surface area (TPSA) is 52.6 Å². The molecule has 0 aromatic heterocycles. The molecule has 0 aliphatic rings. The predicted octanol–water partition coefficient (Wildman–Crippen LogP) is 2.56. The first-order valence-corrected chi connectivity index (χ1v) is 5.61. The Kier molecular flexibility index (Phi) is 6.71. The fourth-order valence-electron chi connectivity index (χ4n) is 1.42. The van der Waals surface area contributed by atoms with E-state index in [0.717, 1.165) is 17.7 Å². The van der Waals surface area contributed by atoms with Crippen LogP contribution in [0.3, 0.4) is 0 Å². The third-order valence-corrected chi connectivity index (χ3v) is 2.07. The molecule has 0 bridgehead atoms. The maximum atomic E-state index is 11.1. The van der Waals surface area contributed by atoms with Crippen molar-refractivity contribution < 1.29 is 19.1 Å². The quantitative estimate of drug-likeness (QED) is 0.397. The molecule has 0 saturated heterocycles. The molecule has 4 heteroatoms. The van der Waals surface area contributed by atoms with Crippen molar-refractivity contribution >= 4 is 11.9 Å². The Balaban J connectivity index is 4.27. The van der Waals surface area contributed by atoms with Crippen LogP contribution in [-0.4, -0.2) is 24.1 Å². The molecule has 100 valence electrons. The number of ether oxygens (including phenoxy) is 2. The fraction of sp³-hybridized carbons (Fsp3) is 0.429. The van der Waals surface area contributed by atoms with Crippen molar-refractivity contribution in [2.24, 2.45) is 0 Å². The van der Waals surface area contributed by atoms with E-state index in [1.54, 1.807) is 6.08 Å². The molecule has 0 rings (SSSR count). The molecule has 0 unspecified atom stereocenters. The highest BCUT2D eigenvalue weighted by molar-refractivity contribution is 5.81. The highest BCUT2D eigenvalue weighted by Crippen LogP contribution is 2.20. The van der Waals surface area contributed by atoms with Crippen LogP contribution in [0.5, 0.6) is 0 Å². The Hall–Kier alpha value is -1.84. The van der Waals surface area contributed by atoms with Gasteiger partial charge in [-0.15, -0.1) is 0 Å². The molecule has 0 spiro atoms. The first-order valence-electron chi connectivity index (χ1n) is 5.61. The normalized spacial score (nSPS) is 11.6. The summed E-state index contributed by atoms with van der Waals surface area (Å²) in [6, 6.07) is 0. The summed E-state index contributed by atoms with van der Waals surface area (Å²) < 4.78 is 10.0. The lowest BCUT2D eigenvalue weighted by atomic mass is 9.99. The van der Waals surface area contributed by atoms with Crippen LogP contribution < -0.4 is 0 Å². The van der Waals surface area contributed by atoms with Crippen LogP contribution in [0, 0.1) is 0 Å². The lowest BCUT2D eigenvalue weighted by Gasteiger charge is -2.24. The zero-order valence-electron chi connectivity index (χ0n) is 11.2. The highest BCUT2D eigenvalue weighted by Gasteiger charge is 2.21. The average molecular weight is 252 g/mol. The summed E-state index contributed by atoms with van der Waals surface area (Å²) in [4.78, 5) is 21.9. The second-order valence-corrected chi connectivity index (χ2v) is 4.45. The molecule has 0 radical (unpaired) electrons. The molecule has 0 aromatic carbocycles. The highest BCUT2D eigenvalue weighted by atomic mass is 16.6. The van der Waals surface area contributed by atoms with E-state index in [4.69, 9.17) is 9.47 Å². The molecule has 0 aliphatic heterocycles. The van der Waals surface area contributed by atoms with Crippen LogP contribution in [0.1, 0.15) is 27.2 Å². The van der Waals surface area contributed by atoms with Crippen LogP contribution in [0.4, 0.5) is 0 Å². The van der Waals surface area contributed by atoms with Gasteiger partial charge >= 0.3 is 11.9 Å². The van der Waals surface area contributed by atoms with Crippen LogP contribution in [0.25, 0.3) is 0 Å². The largest absolute Gasteiger partial charge is 0.458 e. The Labute approximate surface area is 108 Å². The number of esters is 2. The summed E-state index contributed by atoms with van der Waals surface area (Å²) in [5.74, 6) is -0.915. The number of carbonyl (C=O) groups is 2. The smallest absolute Gasteiger partial charge is 0.330 e. The Morgan fingerprint density at radius 2 is 1.72 bits per heavy atom. The summed E-state index contributed by atoms with van der Waals surface area (Å²) in [7, 11) is 0. The molecule has 0 amide bonds. The molecule has 18 heavy (non-hydrogen) atoms. The molecule has 0 N–H and O–H groups in total. The maximum Gasteiger partial charge on any atom is 0.330 e. The van der Waals surface area contributed by atoms with Crippen molar-refractivity contribution in [2.75, 3.05) is 6.61 Å². The van der Waals surface area contributed by atoms with Gasteiger partial charge in [0.15, 0.2) is 0 Å². The predicted molar refractivity (Wildman–Crippen MR) is 69.9 cm³/mol. The van der Waals surface area contributed by atoms with Gasteiger partial charge in [0, 0.05) is 18.6 Å². The summed E-state index contributed by atoms with van der Waals surface area (Å²) in [5, 5.41) is 0. The van der Waals surface area contributed by atoms with Gasteiger partial charge < -0.3 is 9.47 Å². The number of carbonyl (C=O) groups excluding carboxylic acids is 2. The average Bonchev–Trinajstić information content (AvgIpc) is 2.27. The number of hydrogen-bond donors (Lipinski definition) is 0. The second-order valence-electron chi connectivity index (χ2n) is 4.45. The summed E-state index contributed by atoms with van der Waals surface area (Å²) in [6.45, 7) is 12.3. The minimum Gasteiger partial charge on any atom is -0.458 e. The first-order chi connectivity index (χ1) is 8.30. The van der Waals surface area contributed by atoms with Crippen molar-refractivity contribution in [2.45, 2.75) is 32.8 Å². The van der Waals surface area contributed by atoms with E-state index in [1.807, 2.05) is 20.8 Å². The molecule has 0 aromatic rings. The minimum absolute atomic E-state index is 0.183. The van der Waals surface area contributed by atoms with Gasteiger partial charge in [-0.25, -0.2) is 9.59 Å². The SMILES string of the molecule is C=CC(=O)OC/C=C(\C)CC(C)(C)OC(=O)C=C. The lowest BCUT2D eigenvalue weighted by Crippen LogP contribution is -2.27. The van der Waals surface area contributed by atoms with Gasteiger partial charge in [-0.1, -0.05) is 18.7 Å². The zero-order chi connectivity index (χ0) is 14.2. The van der Waals surface area contributed by atoms with Crippen LogP contribution in [-0.2, 0) is 19.1 Å². The van der Waals surface area contributed by atoms with Crippen molar-refractivity contribution in [1.82, 2.24) is 0 Å². The molecule has 0 heterocycles. The summed E-state index contributed by atoms with van der Waals surface area (Å²) in [5.41, 5.74) is 0.350. The fourth-order valence-corrected chi connectivity index (χ4v) is 1.42. The van der Waals surface area contributed by atoms with Gasteiger partial charge in [-0.2, -0.15) is 0 Å². The van der Waals surface area contributed by atoms with E-state index in [9.17, 15) is 9.59 Å². The molecular formula is C14H20O4. The zero-order valence-corrected chi connectivity index (χ0v) is 11.2. The number of hydrogen-bond acceptors (Lipinski definition) is 4. The summed E-state index contributed by atoms with van der Waals surface area (Å²) >= 11 is 0. The second kappa shape index (κ2) is 7.48. The monoisotopic (exact) mass is 252 g/mol. The van der Waals surface area contributed by atoms with Gasteiger partial charge in [0.1, 0.15) is 12.2 Å². The maximum absolute atomic E-state index is 11.1. The first kappa shape index (κ1) is 16.2. The minimum atomic E-state index is -0.617. The summed E-state index contributed by atoms with van der Waals surface area (Å²) in [6.07, 6.45) is 4.56. The van der Waals surface area contributed by atoms with E-state index in [1.165, 1.54) is 0 Å². The Morgan fingerprint density at radius 1 is 1.17 bits per heavy atom. The molecule has 0 fully saturated rings. The van der Waals surface area contributed by atoms with Crippen molar-refractivity contribution in [3.8, 4) is 0 Å². The van der Waals surface area contributed by atoms with Gasteiger partial charge in [0.2, 0.25) is 0 Å². The molecule has 4 nitrogen and oxygen atoms in total. The van der Waals surface area contributed by atoms with Gasteiger partial charge in [0.25, 0.3) is 0 Å². The van der Waals surface area contributed by atoms with Crippen molar-refractivity contribution in [1.29, 1.82) is 0 Å². The molecular weight excluding hydrogens is 232 g/mol. The third kappa shape index (κ3) is 7.44. The van der Waals surface area contributed by atoms with E-state index in [0.29, 0.717) is 6.42 Å².